The highest BCUT2D eigenvalue weighted by molar-refractivity contribution is 6.64. The topological polar surface area (TPSA) is 81.1 Å². The van der Waals surface area contributed by atoms with Crippen LogP contribution >= 0.6 is 11.6 Å². The van der Waals surface area contributed by atoms with Gasteiger partial charge in [0.1, 0.15) is 17.5 Å². The van der Waals surface area contributed by atoms with E-state index in [1.807, 2.05) is 48.5 Å². The van der Waals surface area contributed by atoms with Crippen molar-refractivity contribution in [1.29, 1.82) is 5.26 Å². The second kappa shape index (κ2) is 9.82. The molecule has 0 unspecified atom stereocenters. The molecule has 1 saturated heterocycles. The number of benzene rings is 2. The summed E-state index contributed by atoms with van der Waals surface area (Å²) in [6.45, 7) is 2.14. The van der Waals surface area contributed by atoms with Gasteiger partial charge in [-0.3, -0.25) is 0 Å². The number of nitrogens with one attached hydrogen (secondary N) is 2. The number of pyridine rings is 1. The third kappa shape index (κ3) is 4.82. The Hall–Kier alpha value is -3.08. The summed E-state index contributed by atoms with van der Waals surface area (Å²) in [4.78, 5) is 17.6. The van der Waals surface area contributed by atoms with Crippen molar-refractivity contribution < 1.29 is 4.79 Å². The van der Waals surface area contributed by atoms with Crippen LogP contribution in [0.1, 0.15) is 24.0 Å². The maximum Gasteiger partial charge on any atom is 0.290 e. The van der Waals surface area contributed by atoms with Crippen LogP contribution in [0.5, 0.6) is 0 Å². The largest absolute Gasteiger partial charge is 0.370 e. The lowest BCUT2D eigenvalue weighted by molar-refractivity contribution is 0.473. The van der Waals surface area contributed by atoms with Crippen LogP contribution in [-0.2, 0) is 11.3 Å². The van der Waals surface area contributed by atoms with Crippen molar-refractivity contribution in [1.82, 2.24) is 10.2 Å². The number of nitrogens with zero attached hydrogens (tertiary/aromatic N) is 3. The van der Waals surface area contributed by atoms with Gasteiger partial charge >= 0.3 is 0 Å². The molecule has 1 radical (unpaired) electrons. The number of fused-ring (bicyclic) bond motifs is 1. The SMILES string of the molecule is N#Cc1c(NCc2ccc(Cl)cc2)nc2ccccc2c1N1CCC(N[B]C=O)CC1. The number of piperidine rings is 1. The van der Waals surface area contributed by atoms with Crippen molar-refractivity contribution in [2.75, 3.05) is 23.3 Å². The van der Waals surface area contributed by atoms with E-state index >= 15 is 0 Å². The molecule has 0 saturated carbocycles. The van der Waals surface area contributed by atoms with Crippen molar-refractivity contribution in [2.24, 2.45) is 0 Å². The summed E-state index contributed by atoms with van der Waals surface area (Å²) in [5, 5.41) is 18.2. The quantitative estimate of drug-likeness (QED) is 0.439. The van der Waals surface area contributed by atoms with Gasteiger partial charge in [-0.2, -0.15) is 5.26 Å². The van der Waals surface area contributed by atoms with E-state index in [-0.39, 0.29) is 6.04 Å². The van der Waals surface area contributed by atoms with Gasteiger partial charge < -0.3 is 20.2 Å². The minimum Gasteiger partial charge on any atom is -0.370 e. The molecule has 1 fully saturated rings. The van der Waals surface area contributed by atoms with Gasteiger partial charge in [-0.05, 0) is 42.6 Å². The van der Waals surface area contributed by atoms with Crippen LogP contribution in [0.25, 0.3) is 10.9 Å². The Morgan fingerprint density at radius 1 is 1.19 bits per heavy atom. The number of carbonyl (C=O) groups is 1. The molecule has 1 aliphatic rings. The van der Waals surface area contributed by atoms with Crippen LogP contribution in [0.2, 0.25) is 5.02 Å². The Labute approximate surface area is 187 Å². The van der Waals surface area contributed by atoms with Gasteiger partial charge in [0.05, 0.1) is 17.4 Å². The van der Waals surface area contributed by atoms with Crippen LogP contribution in [0.15, 0.2) is 48.5 Å². The monoisotopic (exact) mass is 430 g/mol. The van der Waals surface area contributed by atoms with Gasteiger partial charge in [0, 0.05) is 30.0 Å². The van der Waals surface area contributed by atoms with E-state index in [0.29, 0.717) is 22.9 Å². The number of nitriles is 1. The van der Waals surface area contributed by atoms with Crippen LogP contribution in [-0.4, -0.2) is 37.7 Å². The van der Waals surface area contributed by atoms with Gasteiger partial charge in [-0.25, -0.2) is 4.98 Å². The Morgan fingerprint density at radius 2 is 1.94 bits per heavy atom. The lowest BCUT2D eigenvalue weighted by atomic mass is 9.92. The molecule has 0 bridgehead atoms. The Morgan fingerprint density at radius 3 is 2.65 bits per heavy atom. The number of para-hydroxylation sites is 1. The Kier molecular flexibility index (Phi) is 6.71. The normalized spacial score (nSPS) is 14.3. The first-order valence-electron chi connectivity index (χ1n) is 10.3. The molecule has 0 amide bonds. The minimum absolute atomic E-state index is 0.266. The number of aromatic nitrogens is 1. The van der Waals surface area contributed by atoms with Crippen molar-refractivity contribution in [3.63, 3.8) is 0 Å². The number of rotatable bonds is 7. The van der Waals surface area contributed by atoms with Crippen molar-refractivity contribution in [3.8, 4) is 6.07 Å². The van der Waals surface area contributed by atoms with Gasteiger partial charge in [0.2, 0.25) is 0 Å². The molecule has 1 aromatic heterocycles. The Bertz CT molecular complexity index is 1110. The summed E-state index contributed by atoms with van der Waals surface area (Å²) in [6, 6.07) is 18.2. The van der Waals surface area contributed by atoms with Gasteiger partial charge in [-0.1, -0.05) is 41.9 Å². The van der Waals surface area contributed by atoms with Crippen LogP contribution in [0.3, 0.4) is 0 Å². The van der Waals surface area contributed by atoms with E-state index in [0.717, 1.165) is 54.3 Å². The maximum atomic E-state index is 10.6. The lowest BCUT2D eigenvalue weighted by Gasteiger charge is -2.35. The minimum atomic E-state index is 0.266. The summed E-state index contributed by atoms with van der Waals surface area (Å²) in [5.41, 5.74) is 3.39. The molecule has 31 heavy (non-hydrogen) atoms. The van der Waals surface area contributed by atoms with E-state index in [4.69, 9.17) is 16.6 Å². The first-order chi connectivity index (χ1) is 15.2. The molecule has 1 aliphatic heterocycles. The molecule has 0 spiro atoms. The molecule has 2 aromatic carbocycles. The molecule has 0 atom stereocenters. The maximum absolute atomic E-state index is 10.6. The second-order valence-electron chi connectivity index (χ2n) is 7.52. The molecule has 6 nitrogen and oxygen atoms in total. The standard InChI is InChI=1S/C23H22BClN5O/c25-17-7-5-16(6-8-17)14-27-23-20(13-26)22(19-3-1-2-4-21(19)28-23)30-11-9-18(10-12-30)29-24-15-31/h1-8,15,18,29H,9-12,14H2,(H,27,28). The summed E-state index contributed by atoms with van der Waals surface area (Å²) in [7, 11) is 1.46. The fraction of sp³-hybridized carbons (Fsp3) is 0.261. The van der Waals surface area contributed by atoms with Gasteiger partial charge in [0.25, 0.3) is 7.41 Å². The number of hydrogen-bond donors (Lipinski definition) is 2. The third-order valence-electron chi connectivity index (χ3n) is 5.56. The molecular weight excluding hydrogens is 409 g/mol. The lowest BCUT2D eigenvalue weighted by Crippen LogP contribution is -2.44. The smallest absolute Gasteiger partial charge is 0.290 e. The average molecular weight is 431 g/mol. The molecular formula is C23H22BClN5O. The molecule has 2 N–H and O–H groups in total. The predicted molar refractivity (Wildman–Crippen MR) is 126 cm³/mol. The number of hydrogen-bond acceptors (Lipinski definition) is 6. The first kappa shape index (κ1) is 21.2. The van der Waals surface area contributed by atoms with Crippen molar-refractivity contribution in [2.45, 2.75) is 25.4 Å². The molecule has 8 heteroatoms. The molecule has 3 aromatic rings. The van der Waals surface area contributed by atoms with E-state index in [2.05, 4.69) is 21.5 Å². The highest BCUT2D eigenvalue weighted by atomic mass is 35.5. The summed E-state index contributed by atoms with van der Waals surface area (Å²) in [5.74, 6) is 0.584. The zero-order valence-electron chi connectivity index (χ0n) is 17.0. The average Bonchev–Trinajstić information content (AvgIpc) is 2.81. The first-order valence-corrected chi connectivity index (χ1v) is 10.7. The summed E-state index contributed by atoms with van der Waals surface area (Å²) >= 11 is 5.98. The van der Waals surface area contributed by atoms with E-state index in [9.17, 15) is 10.1 Å². The van der Waals surface area contributed by atoms with Crippen LogP contribution in [0.4, 0.5) is 11.5 Å². The fourth-order valence-electron chi connectivity index (χ4n) is 3.99. The molecule has 2 heterocycles. The van der Waals surface area contributed by atoms with Gasteiger partial charge in [-0.15, -0.1) is 0 Å². The number of anilines is 2. The third-order valence-corrected chi connectivity index (χ3v) is 5.81. The van der Waals surface area contributed by atoms with Gasteiger partial charge in [0.15, 0.2) is 0 Å². The molecule has 0 aliphatic carbocycles. The molecule has 155 valence electrons. The summed E-state index contributed by atoms with van der Waals surface area (Å²) in [6.07, 6.45) is 2.55. The second-order valence-corrected chi connectivity index (χ2v) is 7.96. The predicted octanol–water partition coefficient (Wildman–Crippen LogP) is 3.74. The van der Waals surface area contributed by atoms with Crippen molar-refractivity contribution in [3.05, 3.63) is 64.7 Å². The number of halogens is 1. The zero-order chi connectivity index (χ0) is 21.6. The Balaban J connectivity index is 1.64. The van der Waals surface area contributed by atoms with Crippen LogP contribution < -0.4 is 15.4 Å². The fourth-order valence-corrected chi connectivity index (χ4v) is 4.12. The zero-order valence-corrected chi connectivity index (χ0v) is 17.8. The highest BCUT2D eigenvalue weighted by Crippen LogP contribution is 2.35. The van der Waals surface area contributed by atoms with E-state index in [1.165, 1.54) is 7.41 Å². The van der Waals surface area contributed by atoms with E-state index in [1.54, 1.807) is 0 Å². The highest BCUT2D eigenvalue weighted by Gasteiger charge is 2.25. The van der Waals surface area contributed by atoms with Crippen LogP contribution in [0, 0.1) is 11.3 Å². The summed E-state index contributed by atoms with van der Waals surface area (Å²) < 4.78 is 0. The molecule has 4 rings (SSSR count). The number of carbonyl (C=O) groups excluding carboxylic acids is 1. The van der Waals surface area contributed by atoms with E-state index < -0.39 is 0 Å². The van der Waals surface area contributed by atoms with Crippen molar-refractivity contribution >= 4 is 47.6 Å².